The Morgan fingerprint density at radius 2 is 0.632 bits per heavy atom. The molecule has 0 unspecified atom stereocenters. The fourth-order valence-corrected chi connectivity index (χ4v) is 11.3. The molecular weight excluding hydrogens is 827 g/mol. The third-order valence-corrected chi connectivity index (χ3v) is 14.4. The van der Waals surface area contributed by atoms with E-state index in [0.717, 1.165) is 50.0 Å². The van der Waals surface area contributed by atoms with E-state index >= 15 is 0 Å². The van der Waals surface area contributed by atoms with E-state index in [-0.39, 0.29) is 0 Å². The number of para-hydroxylation sites is 4. The molecule has 0 amide bonds. The van der Waals surface area contributed by atoms with E-state index in [1.54, 1.807) is 0 Å². The summed E-state index contributed by atoms with van der Waals surface area (Å²) in [6, 6.07) is 86.5. The van der Waals surface area contributed by atoms with E-state index in [0.29, 0.717) is 0 Å². The van der Waals surface area contributed by atoms with Crippen LogP contribution in [0.2, 0.25) is 0 Å². The molecule has 15 aromatic rings. The zero-order valence-corrected chi connectivity index (χ0v) is 36.8. The van der Waals surface area contributed by atoms with Gasteiger partial charge in [0.25, 0.3) is 0 Å². The molecule has 15 rings (SSSR count). The average molecular weight is 866 g/mol. The fraction of sp³-hybridized carbons (Fsp3) is 0. The lowest BCUT2D eigenvalue weighted by atomic mass is 9.98. The van der Waals surface area contributed by atoms with Gasteiger partial charge < -0.3 is 18.1 Å². The molecule has 0 aliphatic rings. The summed E-state index contributed by atoms with van der Waals surface area (Å²) < 4.78 is 13.5. The Labute approximate surface area is 390 Å². The Bertz CT molecular complexity index is 4550. The summed E-state index contributed by atoms with van der Waals surface area (Å²) in [6.07, 6.45) is 0. The number of rotatable bonds is 5. The van der Waals surface area contributed by atoms with Gasteiger partial charge in [-0.2, -0.15) is 0 Å². The number of nitrogens with zero attached hydrogens (tertiary/aromatic N) is 3. The van der Waals surface area contributed by atoms with E-state index in [1.165, 1.54) is 87.4 Å². The normalized spacial score (nSPS) is 12.1. The van der Waals surface area contributed by atoms with Crippen molar-refractivity contribution in [3.05, 3.63) is 237 Å². The first-order valence-electron chi connectivity index (χ1n) is 23.3. The predicted molar refractivity (Wildman–Crippen MR) is 285 cm³/mol. The molecule has 0 bridgehead atoms. The summed E-state index contributed by atoms with van der Waals surface area (Å²) in [5.41, 5.74) is 17.0. The van der Waals surface area contributed by atoms with Crippen molar-refractivity contribution < 1.29 is 4.42 Å². The number of benzene rings is 11. The molecule has 0 N–H and O–H groups in total. The zero-order chi connectivity index (χ0) is 44.5. The molecule has 0 atom stereocenters. The van der Waals surface area contributed by atoms with Gasteiger partial charge in [0.15, 0.2) is 0 Å². The summed E-state index contributed by atoms with van der Waals surface area (Å²) in [5, 5.41) is 12.1. The second-order valence-electron chi connectivity index (χ2n) is 18.1. The third kappa shape index (κ3) is 5.43. The van der Waals surface area contributed by atoms with Crippen molar-refractivity contribution in [1.82, 2.24) is 13.7 Å². The minimum Gasteiger partial charge on any atom is -0.456 e. The first-order valence-corrected chi connectivity index (χ1v) is 23.3. The van der Waals surface area contributed by atoms with Crippen LogP contribution < -0.4 is 0 Å². The number of hydrogen-bond acceptors (Lipinski definition) is 1. The summed E-state index contributed by atoms with van der Waals surface area (Å²) >= 11 is 0. The second kappa shape index (κ2) is 14.2. The van der Waals surface area contributed by atoms with Gasteiger partial charge in [0.05, 0.1) is 33.1 Å². The molecule has 68 heavy (non-hydrogen) atoms. The first-order chi connectivity index (χ1) is 33.7. The maximum atomic E-state index is 6.31. The van der Waals surface area contributed by atoms with Gasteiger partial charge in [-0.1, -0.05) is 121 Å². The summed E-state index contributed by atoms with van der Waals surface area (Å²) in [4.78, 5) is 0. The molecule has 4 nitrogen and oxygen atoms in total. The maximum Gasteiger partial charge on any atom is 0.135 e. The van der Waals surface area contributed by atoms with Gasteiger partial charge in [0.1, 0.15) is 11.2 Å². The van der Waals surface area contributed by atoms with Gasteiger partial charge in [-0.05, 0) is 148 Å². The summed E-state index contributed by atoms with van der Waals surface area (Å²) in [6.45, 7) is 0. The largest absolute Gasteiger partial charge is 0.456 e. The van der Waals surface area contributed by atoms with Crippen LogP contribution in [0, 0.1) is 0 Å². The number of hydrogen-bond donors (Lipinski definition) is 0. The van der Waals surface area contributed by atoms with E-state index in [9.17, 15) is 0 Å². The topological polar surface area (TPSA) is 27.9 Å². The fourth-order valence-electron chi connectivity index (χ4n) is 11.3. The highest BCUT2D eigenvalue weighted by molar-refractivity contribution is 6.17. The Kier molecular flexibility index (Phi) is 7.75. The van der Waals surface area contributed by atoms with Gasteiger partial charge in [-0.15, -0.1) is 0 Å². The molecule has 4 heterocycles. The van der Waals surface area contributed by atoms with Crippen LogP contribution in [0.1, 0.15) is 0 Å². The van der Waals surface area contributed by atoms with Crippen molar-refractivity contribution in [2.24, 2.45) is 0 Å². The highest BCUT2D eigenvalue weighted by Crippen LogP contribution is 2.42. The SMILES string of the molecule is c1ccc(-n2c3ccccc3c3cc(-c4ccc5c(c4)c4cc(-c6ccc7c(c6)c6cc8ccccc8cc6n7-c6ccccc6)ccc4n5-c4ccc5oc6ccccc6c5c4)ccc32)cc1. The Morgan fingerprint density at radius 1 is 0.221 bits per heavy atom. The van der Waals surface area contributed by atoms with Gasteiger partial charge >= 0.3 is 0 Å². The van der Waals surface area contributed by atoms with E-state index in [4.69, 9.17) is 4.42 Å². The molecule has 0 aliphatic carbocycles. The molecule has 0 spiro atoms. The highest BCUT2D eigenvalue weighted by atomic mass is 16.3. The zero-order valence-electron chi connectivity index (χ0n) is 36.8. The van der Waals surface area contributed by atoms with Crippen LogP contribution in [0.25, 0.3) is 137 Å². The Balaban J connectivity index is 0.951. The molecule has 0 radical (unpaired) electrons. The van der Waals surface area contributed by atoms with Crippen LogP contribution in [0.5, 0.6) is 0 Å². The van der Waals surface area contributed by atoms with E-state index in [2.05, 4.69) is 238 Å². The summed E-state index contributed by atoms with van der Waals surface area (Å²) in [7, 11) is 0. The Hall–Kier alpha value is -9.12. The first kappa shape index (κ1) is 37.1. The average Bonchev–Trinajstić information content (AvgIpc) is 4.13. The van der Waals surface area contributed by atoms with Crippen molar-refractivity contribution in [1.29, 1.82) is 0 Å². The molecule has 0 aliphatic heterocycles. The lowest BCUT2D eigenvalue weighted by molar-refractivity contribution is 0.669. The molecule has 316 valence electrons. The quantitative estimate of drug-likeness (QED) is 0.169. The minimum atomic E-state index is 0.890. The van der Waals surface area contributed by atoms with Crippen LogP contribution in [0.3, 0.4) is 0 Å². The van der Waals surface area contributed by atoms with Crippen molar-refractivity contribution >= 4 is 98.1 Å². The van der Waals surface area contributed by atoms with Crippen molar-refractivity contribution in [3.8, 4) is 39.3 Å². The van der Waals surface area contributed by atoms with Crippen LogP contribution in [0.4, 0.5) is 0 Å². The molecule has 0 saturated carbocycles. The van der Waals surface area contributed by atoms with E-state index in [1.807, 2.05) is 12.1 Å². The van der Waals surface area contributed by atoms with Crippen LogP contribution in [0.15, 0.2) is 241 Å². The van der Waals surface area contributed by atoms with Gasteiger partial charge in [-0.3, -0.25) is 0 Å². The summed E-state index contributed by atoms with van der Waals surface area (Å²) in [5.74, 6) is 0. The van der Waals surface area contributed by atoms with Crippen LogP contribution >= 0.6 is 0 Å². The minimum absolute atomic E-state index is 0.890. The van der Waals surface area contributed by atoms with Crippen molar-refractivity contribution in [2.45, 2.75) is 0 Å². The van der Waals surface area contributed by atoms with Crippen LogP contribution in [-0.4, -0.2) is 13.7 Å². The predicted octanol–water partition coefficient (Wildman–Crippen LogP) is 17.4. The molecular formula is C64H39N3O. The standard InChI is InChI=1S/C64H39N3O/c1-3-15-46(16-4-1)65-57-21-11-9-19-49(57)51-34-42(23-28-58(51)65)43-25-30-60-52(35-43)53-36-44(26-31-61(53)67(60)48-27-32-64-56(39-48)50-20-10-12-22-63(50)68-64)45-24-29-59-54(37-45)55-33-40-13-7-8-14-41(40)38-62(55)66(59)47-17-5-2-6-18-47/h1-39H. The molecule has 4 heteroatoms. The lowest BCUT2D eigenvalue weighted by Crippen LogP contribution is -1.94. The molecule has 11 aromatic carbocycles. The monoisotopic (exact) mass is 865 g/mol. The molecule has 0 fully saturated rings. The molecule has 0 saturated heterocycles. The second-order valence-corrected chi connectivity index (χ2v) is 18.1. The smallest absolute Gasteiger partial charge is 0.135 e. The van der Waals surface area contributed by atoms with Crippen molar-refractivity contribution in [2.75, 3.05) is 0 Å². The van der Waals surface area contributed by atoms with Gasteiger partial charge in [-0.25, -0.2) is 0 Å². The lowest BCUT2D eigenvalue weighted by Gasteiger charge is -2.10. The van der Waals surface area contributed by atoms with Gasteiger partial charge in [0, 0.05) is 60.2 Å². The Morgan fingerprint density at radius 3 is 1.22 bits per heavy atom. The van der Waals surface area contributed by atoms with E-state index < -0.39 is 0 Å². The number of fused-ring (bicyclic) bond motifs is 13. The number of furan rings is 1. The van der Waals surface area contributed by atoms with Crippen molar-refractivity contribution in [3.63, 3.8) is 0 Å². The third-order valence-electron chi connectivity index (χ3n) is 14.4. The molecule has 4 aromatic heterocycles. The highest BCUT2D eigenvalue weighted by Gasteiger charge is 2.20. The number of aromatic nitrogens is 3. The van der Waals surface area contributed by atoms with Gasteiger partial charge in [0.2, 0.25) is 0 Å². The van der Waals surface area contributed by atoms with Crippen LogP contribution in [-0.2, 0) is 0 Å². The maximum absolute atomic E-state index is 6.31.